The smallest absolute Gasteiger partial charge is 0.159 e. The zero-order valence-electron chi connectivity index (χ0n) is 10.5. The predicted molar refractivity (Wildman–Crippen MR) is 75.9 cm³/mol. The normalized spacial score (nSPS) is 11.1. The third-order valence-electron chi connectivity index (χ3n) is 2.96. The molecule has 100 valence electrons. The molecule has 0 saturated heterocycles. The minimum atomic E-state index is -0.905. The van der Waals surface area contributed by atoms with E-state index in [-0.39, 0.29) is 5.92 Å². The molecule has 0 fully saturated rings. The van der Waals surface area contributed by atoms with Crippen molar-refractivity contribution in [2.75, 3.05) is 0 Å². The molecule has 0 aliphatic carbocycles. The van der Waals surface area contributed by atoms with Gasteiger partial charge in [0.2, 0.25) is 0 Å². The first kappa shape index (κ1) is 14.3. The number of hydrogen-bond acceptors (Lipinski definition) is 0. The summed E-state index contributed by atoms with van der Waals surface area (Å²) in [5.41, 5.74) is 2.02. The molecule has 0 aliphatic rings. The minimum absolute atomic E-state index is 0.240. The highest BCUT2D eigenvalue weighted by Crippen LogP contribution is 2.38. The lowest BCUT2D eigenvalue weighted by atomic mass is 9.98. The maximum Gasteiger partial charge on any atom is 0.159 e. The predicted octanol–water partition coefficient (Wildman–Crippen LogP) is 6.06. The van der Waals surface area contributed by atoms with Crippen molar-refractivity contribution >= 4 is 23.2 Å². The fourth-order valence-corrected chi connectivity index (χ4v) is 2.56. The summed E-state index contributed by atoms with van der Waals surface area (Å²) in [7, 11) is 0. The van der Waals surface area contributed by atoms with Gasteiger partial charge in [-0.2, -0.15) is 0 Å². The second-order valence-electron chi connectivity index (χ2n) is 4.61. The molecule has 0 atom stereocenters. The van der Waals surface area contributed by atoms with E-state index in [1.54, 1.807) is 6.07 Å². The van der Waals surface area contributed by atoms with Gasteiger partial charge in [0.15, 0.2) is 11.6 Å². The number of rotatable bonds is 2. The van der Waals surface area contributed by atoms with Gasteiger partial charge in [0.05, 0.1) is 10.0 Å². The lowest BCUT2D eigenvalue weighted by Crippen LogP contribution is -1.92. The summed E-state index contributed by atoms with van der Waals surface area (Å²) in [6.07, 6.45) is 0. The van der Waals surface area contributed by atoms with E-state index in [1.807, 2.05) is 19.9 Å². The van der Waals surface area contributed by atoms with Crippen molar-refractivity contribution in [1.29, 1.82) is 0 Å². The number of halogens is 4. The van der Waals surface area contributed by atoms with Gasteiger partial charge >= 0.3 is 0 Å². The Bertz CT molecular complexity index is 622. The van der Waals surface area contributed by atoms with Crippen LogP contribution in [0, 0.1) is 11.6 Å². The van der Waals surface area contributed by atoms with Crippen molar-refractivity contribution in [2.24, 2.45) is 0 Å². The second kappa shape index (κ2) is 5.48. The van der Waals surface area contributed by atoms with E-state index in [0.29, 0.717) is 21.2 Å². The van der Waals surface area contributed by atoms with Crippen LogP contribution in [0.2, 0.25) is 10.0 Å². The van der Waals surface area contributed by atoms with Crippen molar-refractivity contribution in [3.8, 4) is 11.1 Å². The lowest BCUT2D eigenvalue weighted by molar-refractivity contribution is 0.509. The summed E-state index contributed by atoms with van der Waals surface area (Å²) in [5, 5.41) is 0.817. The standard InChI is InChI=1S/C15H12Cl2F2/c1-8(2)10-4-5-11(15(17)14(10)16)9-3-6-12(18)13(19)7-9/h3-8H,1-2H3. The quantitative estimate of drug-likeness (QED) is 0.632. The molecule has 0 bridgehead atoms. The molecule has 0 unspecified atom stereocenters. The first-order chi connectivity index (χ1) is 8.91. The van der Waals surface area contributed by atoms with Crippen molar-refractivity contribution in [1.82, 2.24) is 0 Å². The molecular weight excluding hydrogens is 289 g/mol. The molecule has 0 aliphatic heterocycles. The molecule has 2 rings (SSSR count). The second-order valence-corrected chi connectivity index (χ2v) is 5.37. The van der Waals surface area contributed by atoms with E-state index in [2.05, 4.69) is 0 Å². The summed E-state index contributed by atoms with van der Waals surface area (Å²) in [6, 6.07) is 7.30. The van der Waals surface area contributed by atoms with E-state index >= 15 is 0 Å². The molecule has 0 spiro atoms. The van der Waals surface area contributed by atoms with Crippen molar-refractivity contribution in [3.63, 3.8) is 0 Å². The molecular formula is C15H12Cl2F2. The Morgan fingerprint density at radius 3 is 2.16 bits per heavy atom. The van der Waals surface area contributed by atoms with Gasteiger partial charge in [-0.25, -0.2) is 8.78 Å². The largest absolute Gasteiger partial charge is 0.204 e. The van der Waals surface area contributed by atoms with Crippen LogP contribution in [0.15, 0.2) is 30.3 Å². The van der Waals surface area contributed by atoms with Crippen LogP contribution in [-0.2, 0) is 0 Å². The minimum Gasteiger partial charge on any atom is -0.204 e. The van der Waals surface area contributed by atoms with Gasteiger partial charge in [0, 0.05) is 5.56 Å². The van der Waals surface area contributed by atoms with E-state index in [4.69, 9.17) is 23.2 Å². The summed E-state index contributed by atoms with van der Waals surface area (Å²) in [6.45, 7) is 4.02. The maximum absolute atomic E-state index is 13.3. The third-order valence-corrected chi connectivity index (χ3v) is 3.86. The molecule has 0 heterocycles. The molecule has 0 amide bonds. The summed E-state index contributed by atoms with van der Waals surface area (Å²) in [5.74, 6) is -1.55. The Morgan fingerprint density at radius 1 is 0.895 bits per heavy atom. The maximum atomic E-state index is 13.3. The van der Waals surface area contributed by atoms with Gasteiger partial charge < -0.3 is 0 Å². The van der Waals surface area contributed by atoms with Crippen LogP contribution in [0.25, 0.3) is 11.1 Å². The topological polar surface area (TPSA) is 0 Å². The first-order valence-corrected chi connectivity index (χ1v) is 6.60. The molecule has 4 heteroatoms. The average molecular weight is 301 g/mol. The third kappa shape index (κ3) is 2.75. The lowest BCUT2D eigenvalue weighted by Gasteiger charge is -2.13. The Hall–Kier alpha value is -1.12. The highest BCUT2D eigenvalue weighted by Gasteiger charge is 2.14. The molecule has 0 nitrogen and oxygen atoms in total. The average Bonchev–Trinajstić information content (AvgIpc) is 2.36. The van der Waals surface area contributed by atoms with E-state index in [9.17, 15) is 8.78 Å². The fourth-order valence-electron chi connectivity index (χ4n) is 1.90. The monoisotopic (exact) mass is 300 g/mol. The van der Waals surface area contributed by atoms with Crippen LogP contribution in [0.4, 0.5) is 8.78 Å². The van der Waals surface area contributed by atoms with Crippen LogP contribution in [0.3, 0.4) is 0 Å². The first-order valence-electron chi connectivity index (χ1n) is 5.85. The van der Waals surface area contributed by atoms with Gasteiger partial charge in [-0.3, -0.25) is 0 Å². The van der Waals surface area contributed by atoms with Gasteiger partial charge in [-0.15, -0.1) is 0 Å². The Balaban J connectivity index is 2.57. The molecule has 19 heavy (non-hydrogen) atoms. The molecule has 2 aromatic carbocycles. The summed E-state index contributed by atoms with van der Waals surface area (Å²) in [4.78, 5) is 0. The van der Waals surface area contributed by atoms with Crippen molar-refractivity contribution < 1.29 is 8.78 Å². The summed E-state index contributed by atoms with van der Waals surface area (Å²) < 4.78 is 26.2. The SMILES string of the molecule is CC(C)c1ccc(-c2ccc(F)c(F)c2)c(Cl)c1Cl. The van der Waals surface area contributed by atoms with Crippen LogP contribution in [0.1, 0.15) is 25.3 Å². The van der Waals surface area contributed by atoms with Gasteiger partial charge in [-0.1, -0.05) is 55.2 Å². The highest BCUT2D eigenvalue weighted by atomic mass is 35.5. The molecule has 0 N–H and O–H groups in total. The van der Waals surface area contributed by atoms with Crippen LogP contribution < -0.4 is 0 Å². The van der Waals surface area contributed by atoms with Crippen LogP contribution >= 0.6 is 23.2 Å². The van der Waals surface area contributed by atoms with Crippen LogP contribution in [-0.4, -0.2) is 0 Å². The van der Waals surface area contributed by atoms with E-state index in [1.165, 1.54) is 6.07 Å². The fraction of sp³-hybridized carbons (Fsp3) is 0.200. The Kier molecular flexibility index (Phi) is 4.12. The number of benzene rings is 2. The van der Waals surface area contributed by atoms with Crippen LogP contribution in [0.5, 0.6) is 0 Å². The molecule has 2 aromatic rings. The molecule has 0 radical (unpaired) electrons. The highest BCUT2D eigenvalue weighted by molar-refractivity contribution is 6.44. The van der Waals surface area contributed by atoms with Gasteiger partial charge in [0.1, 0.15) is 0 Å². The zero-order valence-corrected chi connectivity index (χ0v) is 12.0. The summed E-state index contributed by atoms with van der Waals surface area (Å²) >= 11 is 12.4. The van der Waals surface area contributed by atoms with E-state index in [0.717, 1.165) is 17.7 Å². The Labute approximate surface area is 121 Å². The van der Waals surface area contributed by atoms with Crippen molar-refractivity contribution in [2.45, 2.75) is 19.8 Å². The molecule has 0 aromatic heterocycles. The van der Waals surface area contributed by atoms with Gasteiger partial charge in [-0.05, 0) is 29.2 Å². The van der Waals surface area contributed by atoms with Gasteiger partial charge in [0.25, 0.3) is 0 Å². The molecule has 0 saturated carbocycles. The zero-order chi connectivity index (χ0) is 14.2. The van der Waals surface area contributed by atoms with Crippen molar-refractivity contribution in [3.05, 3.63) is 57.6 Å². The Morgan fingerprint density at radius 2 is 1.58 bits per heavy atom. The number of hydrogen-bond donors (Lipinski definition) is 0. The van der Waals surface area contributed by atoms with E-state index < -0.39 is 11.6 Å².